The average Bonchev–Trinajstić information content (AvgIpc) is 2.63. The number of sulfonamides is 1. The summed E-state index contributed by atoms with van der Waals surface area (Å²) in [6.45, 7) is 4.52. The Morgan fingerprint density at radius 1 is 1.30 bits per heavy atom. The molecule has 150 valence electrons. The zero-order valence-electron chi connectivity index (χ0n) is 16.3. The van der Waals surface area contributed by atoms with Crippen LogP contribution in [0.5, 0.6) is 0 Å². The van der Waals surface area contributed by atoms with Gasteiger partial charge in [0.25, 0.3) is 0 Å². The van der Waals surface area contributed by atoms with Crippen molar-refractivity contribution in [3.63, 3.8) is 0 Å². The summed E-state index contributed by atoms with van der Waals surface area (Å²) in [5, 5.41) is 0. The maximum atomic E-state index is 13.1. The predicted octanol–water partition coefficient (Wildman–Crippen LogP) is 1.95. The molecule has 0 aliphatic carbocycles. The van der Waals surface area contributed by atoms with Gasteiger partial charge in [0.05, 0.1) is 25.0 Å². The van der Waals surface area contributed by atoms with Crippen LogP contribution < -0.4 is 4.31 Å². The molecule has 1 aromatic carbocycles. The molecule has 1 heterocycles. The van der Waals surface area contributed by atoms with Crippen molar-refractivity contribution in [2.45, 2.75) is 39.2 Å². The molecule has 2 rings (SSSR count). The van der Waals surface area contributed by atoms with Crippen LogP contribution in [0, 0.1) is 12.8 Å². The maximum Gasteiger partial charge on any atom is 0.308 e. The lowest BCUT2D eigenvalue weighted by molar-refractivity contribution is -0.149. The van der Waals surface area contributed by atoms with Crippen LogP contribution in [0.3, 0.4) is 0 Å². The standard InChI is InChI=1S/C19H28N2O5S/c1-5-17(18(22)20-11-9-15(10-12-20)19(23)26-3)21(27(4,24)25)16-8-6-7-14(2)13-16/h6-8,13,15,17H,5,9-12H2,1-4H3. The highest BCUT2D eigenvalue weighted by molar-refractivity contribution is 7.92. The van der Waals surface area contributed by atoms with Crippen LogP contribution in [-0.2, 0) is 24.3 Å². The van der Waals surface area contributed by atoms with Crippen LogP contribution >= 0.6 is 0 Å². The Morgan fingerprint density at radius 3 is 2.41 bits per heavy atom. The van der Waals surface area contributed by atoms with Crippen molar-refractivity contribution in [3.05, 3.63) is 29.8 Å². The van der Waals surface area contributed by atoms with Crippen molar-refractivity contribution in [1.82, 2.24) is 4.90 Å². The third kappa shape index (κ3) is 5.00. The molecule has 1 aromatic rings. The van der Waals surface area contributed by atoms with Gasteiger partial charge in [-0.15, -0.1) is 0 Å². The van der Waals surface area contributed by atoms with Gasteiger partial charge < -0.3 is 9.64 Å². The first-order valence-corrected chi connectivity index (χ1v) is 11.0. The van der Waals surface area contributed by atoms with Gasteiger partial charge in [0.1, 0.15) is 6.04 Å². The first kappa shape index (κ1) is 21.2. The lowest BCUT2D eigenvalue weighted by Crippen LogP contribution is -2.52. The van der Waals surface area contributed by atoms with Crippen LogP contribution in [0.2, 0.25) is 0 Å². The number of carbonyl (C=O) groups is 2. The van der Waals surface area contributed by atoms with E-state index in [1.165, 1.54) is 11.4 Å². The quantitative estimate of drug-likeness (QED) is 0.686. The second-order valence-electron chi connectivity index (χ2n) is 6.94. The van der Waals surface area contributed by atoms with Crippen molar-refractivity contribution in [2.75, 3.05) is 30.8 Å². The van der Waals surface area contributed by atoms with Gasteiger partial charge in [-0.2, -0.15) is 0 Å². The van der Waals surface area contributed by atoms with Gasteiger partial charge in [-0.3, -0.25) is 13.9 Å². The van der Waals surface area contributed by atoms with E-state index in [1.807, 2.05) is 13.0 Å². The minimum absolute atomic E-state index is 0.207. The summed E-state index contributed by atoms with van der Waals surface area (Å²) in [4.78, 5) is 26.5. The number of hydrogen-bond acceptors (Lipinski definition) is 5. The fourth-order valence-electron chi connectivity index (χ4n) is 3.52. The van der Waals surface area contributed by atoms with Crippen LogP contribution in [0.15, 0.2) is 24.3 Å². The first-order chi connectivity index (χ1) is 12.7. The summed E-state index contributed by atoms with van der Waals surface area (Å²) in [6.07, 6.45) is 2.53. The highest BCUT2D eigenvalue weighted by atomic mass is 32.2. The van der Waals surface area contributed by atoms with Gasteiger partial charge in [-0.05, 0) is 43.9 Å². The number of aryl methyl sites for hydroxylation is 1. The molecule has 1 amide bonds. The SMILES string of the molecule is CCC(C(=O)N1CCC(C(=O)OC)CC1)N(c1cccc(C)c1)S(C)(=O)=O. The highest BCUT2D eigenvalue weighted by Crippen LogP contribution is 2.26. The molecule has 8 heteroatoms. The molecule has 0 saturated carbocycles. The molecule has 1 aliphatic rings. The van der Waals surface area contributed by atoms with Gasteiger partial charge in [0.15, 0.2) is 0 Å². The molecule has 0 N–H and O–H groups in total. The Morgan fingerprint density at radius 2 is 1.93 bits per heavy atom. The fourth-order valence-corrected chi connectivity index (χ4v) is 4.72. The van der Waals surface area contributed by atoms with Gasteiger partial charge in [0.2, 0.25) is 15.9 Å². The molecule has 27 heavy (non-hydrogen) atoms. The van der Waals surface area contributed by atoms with Crippen LogP contribution in [0.4, 0.5) is 5.69 Å². The zero-order chi connectivity index (χ0) is 20.2. The summed E-state index contributed by atoms with van der Waals surface area (Å²) >= 11 is 0. The van der Waals surface area contributed by atoms with Crippen molar-refractivity contribution in [3.8, 4) is 0 Å². The Balaban J connectivity index is 2.24. The van der Waals surface area contributed by atoms with Crippen LogP contribution in [0.1, 0.15) is 31.7 Å². The number of nitrogens with zero attached hydrogens (tertiary/aromatic N) is 2. The Bertz CT molecular complexity index is 785. The van der Waals surface area contributed by atoms with E-state index >= 15 is 0 Å². The number of amides is 1. The lowest BCUT2D eigenvalue weighted by Gasteiger charge is -2.37. The number of piperidine rings is 1. The van der Waals surface area contributed by atoms with Crippen molar-refractivity contribution in [1.29, 1.82) is 0 Å². The first-order valence-electron chi connectivity index (χ1n) is 9.11. The third-order valence-corrected chi connectivity index (χ3v) is 6.09. The topological polar surface area (TPSA) is 84.0 Å². The van der Waals surface area contributed by atoms with Crippen LogP contribution in [-0.4, -0.2) is 57.7 Å². The second kappa shape index (κ2) is 8.73. The van der Waals surface area contributed by atoms with E-state index in [1.54, 1.807) is 30.0 Å². The molecule has 1 atom stereocenters. The normalized spacial score (nSPS) is 16.7. The molecule has 1 saturated heterocycles. The van der Waals surface area contributed by atoms with Gasteiger partial charge in [-0.1, -0.05) is 19.1 Å². The maximum absolute atomic E-state index is 13.1. The van der Waals surface area contributed by atoms with E-state index in [-0.39, 0.29) is 17.8 Å². The fraction of sp³-hybridized carbons (Fsp3) is 0.579. The van der Waals surface area contributed by atoms with Gasteiger partial charge in [-0.25, -0.2) is 8.42 Å². The van der Waals surface area contributed by atoms with E-state index in [2.05, 4.69) is 0 Å². The van der Waals surface area contributed by atoms with Crippen molar-refractivity contribution >= 4 is 27.6 Å². The molecular formula is C19H28N2O5S. The second-order valence-corrected chi connectivity index (χ2v) is 8.80. The summed E-state index contributed by atoms with van der Waals surface area (Å²) < 4.78 is 31.0. The van der Waals surface area contributed by atoms with Gasteiger partial charge >= 0.3 is 5.97 Å². The summed E-state index contributed by atoms with van der Waals surface area (Å²) in [7, 11) is -2.29. The molecule has 1 aliphatic heterocycles. The summed E-state index contributed by atoms with van der Waals surface area (Å²) in [6, 6.07) is 6.32. The molecule has 0 aromatic heterocycles. The van der Waals surface area contributed by atoms with E-state index in [9.17, 15) is 18.0 Å². The number of carbonyl (C=O) groups excluding carboxylic acids is 2. The number of likely N-dealkylation sites (tertiary alicyclic amines) is 1. The highest BCUT2D eigenvalue weighted by Gasteiger charge is 2.36. The number of hydrogen-bond donors (Lipinski definition) is 0. The van der Waals surface area contributed by atoms with E-state index < -0.39 is 16.1 Å². The average molecular weight is 397 g/mol. The minimum atomic E-state index is -3.65. The van der Waals surface area contributed by atoms with Crippen molar-refractivity contribution in [2.24, 2.45) is 5.92 Å². The Labute approximate surface area is 161 Å². The lowest BCUT2D eigenvalue weighted by atomic mass is 9.96. The predicted molar refractivity (Wildman–Crippen MR) is 104 cm³/mol. The number of esters is 1. The number of methoxy groups -OCH3 is 1. The summed E-state index contributed by atoms with van der Waals surface area (Å²) in [5.74, 6) is -0.693. The summed E-state index contributed by atoms with van der Waals surface area (Å²) in [5.41, 5.74) is 1.41. The van der Waals surface area contributed by atoms with E-state index in [0.717, 1.165) is 11.8 Å². The number of rotatable bonds is 6. The smallest absolute Gasteiger partial charge is 0.308 e. The number of benzene rings is 1. The molecule has 0 radical (unpaired) electrons. The molecule has 1 fully saturated rings. The Hall–Kier alpha value is -2.09. The molecule has 1 unspecified atom stereocenters. The third-order valence-electron chi connectivity index (χ3n) is 4.91. The zero-order valence-corrected chi connectivity index (χ0v) is 17.2. The number of ether oxygens (including phenoxy) is 1. The number of anilines is 1. The molecule has 0 spiro atoms. The monoisotopic (exact) mass is 396 g/mol. The largest absolute Gasteiger partial charge is 0.469 e. The molecular weight excluding hydrogens is 368 g/mol. The van der Waals surface area contributed by atoms with E-state index in [0.29, 0.717) is 38.0 Å². The van der Waals surface area contributed by atoms with Crippen LogP contribution in [0.25, 0.3) is 0 Å². The van der Waals surface area contributed by atoms with E-state index in [4.69, 9.17) is 4.74 Å². The minimum Gasteiger partial charge on any atom is -0.469 e. The van der Waals surface area contributed by atoms with Gasteiger partial charge in [0, 0.05) is 13.1 Å². The van der Waals surface area contributed by atoms with Crippen molar-refractivity contribution < 1.29 is 22.7 Å². The molecule has 0 bridgehead atoms. The Kier molecular flexibility index (Phi) is 6.86. The molecule has 7 nitrogen and oxygen atoms in total.